The predicted molar refractivity (Wildman–Crippen MR) is 138 cm³/mol. The van der Waals surface area contributed by atoms with E-state index in [0.29, 0.717) is 30.0 Å². The summed E-state index contributed by atoms with van der Waals surface area (Å²) in [5.74, 6) is -0.918. The van der Waals surface area contributed by atoms with Crippen LogP contribution in [-0.4, -0.2) is 55.6 Å². The third kappa shape index (κ3) is 8.24. The van der Waals surface area contributed by atoms with Crippen LogP contribution in [0, 0.1) is 0 Å². The van der Waals surface area contributed by atoms with Crippen molar-refractivity contribution in [2.75, 3.05) is 38.2 Å². The minimum Gasteiger partial charge on any atom is -0.378 e. The largest absolute Gasteiger partial charge is 0.418 e. The van der Waals surface area contributed by atoms with E-state index in [1.807, 2.05) is 0 Å². The van der Waals surface area contributed by atoms with Crippen LogP contribution in [0.1, 0.15) is 36.0 Å². The van der Waals surface area contributed by atoms with Crippen molar-refractivity contribution in [3.63, 3.8) is 0 Å². The first-order chi connectivity index (χ1) is 18.9. The quantitative estimate of drug-likeness (QED) is 0.286. The normalized spacial score (nSPS) is 16.4. The Balaban J connectivity index is 1.58. The lowest BCUT2D eigenvalue weighted by Crippen LogP contribution is -2.39. The van der Waals surface area contributed by atoms with E-state index in [0.717, 1.165) is 37.1 Å². The van der Waals surface area contributed by atoms with Crippen LogP contribution < -0.4 is 10.6 Å². The van der Waals surface area contributed by atoms with Gasteiger partial charge in [0.2, 0.25) is 11.8 Å². The highest BCUT2D eigenvalue weighted by Gasteiger charge is 2.46. The molecule has 0 radical (unpaired) electrons. The maximum absolute atomic E-state index is 14.2. The first-order valence-corrected chi connectivity index (χ1v) is 13.4. The van der Waals surface area contributed by atoms with Gasteiger partial charge >= 0.3 is 12.4 Å². The highest BCUT2D eigenvalue weighted by Crippen LogP contribution is 2.48. The molecule has 6 nitrogen and oxygen atoms in total. The van der Waals surface area contributed by atoms with E-state index in [2.05, 4.69) is 10.6 Å². The first kappa shape index (κ1) is 29.9. The maximum atomic E-state index is 14.2. The molecule has 1 heterocycles. The molecule has 0 atom stereocenters. The molecule has 0 spiro atoms. The number of alkyl halides is 6. The lowest BCUT2D eigenvalue weighted by atomic mass is 9.99. The van der Waals surface area contributed by atoms with Gasteiger partial charge in [0.05, 0.1) is 24.3 Å². The Morgan fingerprint density at radius 2 is 1.70 bits per heavy atom. The molecule has 216 valence electrons. The molecule has 2 N–H and O–H groups in total. The van der Waals surface area contributed by atoms with E-state index in [1.54, 1.807) is 6.07 Å². The Morgan fingerprint density at radius 3 is 2.35 bits per heavy atom. The van der Waals surface area contributed by atoms with Crippen LogP contribution in [0.5, 0.6) is 0 Å². The van der Waals surface area contributed by atoms with E-state index in [4.69, 9.17) is 4.74 Å². The van der Waals surface area contributed by atoms with Gasteiger partial charge in [-0.15, -0.1) is 0 Å². The van der Waals surface area contributed by atoms with Gasteiger partial charge in [-0.05, 0) is 48.7 Å². The van der Waals surface area contributed by atoms with Gasteiger partial charge in [0, 0.05) is 53.7 Å². The zero-order chi connectivity index (χ0) is 28.9. The number of carbonyl (C=O) groups is 2. The highest BCUT2D eigenvalue weighted by atomic mass is 32.2. The minimum absolute atomic E-state index is 0.198. The van der Waals surface area contributed by atoms with Gasteiger partial charge in [-0.1, -0.05) is 23.9 Å². The molecular formula is C27H27F6N3O3S. The summed E-state index contributed by atoms with van der Waals surface area (Å²) in [6, 6.07) is 8.19. The number of ether oxygens (including phenoxy) is 1. The highest BCUT2D eigenvalue weighted by molar-refractivity contribution is 7.99. The summed E-state index contributed by atoms with van der Waals surface area (Å²) in [4.78, 5) is 25.5. The predicted octanol–water partition coefficient (Wildman–Crippen LogP) is 5.83. The van der Waals surface area contributed by atoms with Crippen molar-refractivity contribution in [2.45, 2.75) is 47.4 Å². The first-order valence-electron chi connectivity index (χ1n) is 12.6. The zero-order valence-electron chi connectivity index (χ0n) is 21.2. The number of halogens is 6. The summed E-state index contributed by atoms with van der Waals surface area (Å²) in [6.45, 7) is 1.48. The number of hydrogen-bond acceptors (Lipinski definition) is 5. The van der Waals surface area contributed by atoms with Gasteiger partial charge in [-0.2, -0.15) is 26.3 Å². The number of hydrogen-bond donors (Lipinski definition) is 2. The number of anilines is 1. The van der Waals surface area contributed by atoms with Crippen molar-refractivity contribution in [3.8, 4) is 0 Å². The monoisotopic (exact) mass is 587 g/mol. The van der Waals surface area contributed by atoms with Crippen molar-refractivity contribution < 1.29 is 40.7 Å². The molecule has 2 fully saturated rings. The van der Waals surface area contributed by atoms with Crippen LogP contribution in [-0.2, 0) is 26.7 Å². The van der Waals surface area contributed by atoms with Crippen LogP contribution in [0.15, 0.2) is 52.3 Å². The fourth-order valence-electron chi connectivity index (χ4n) is 4.13. The third-order valence-electron chi connectivity index (χ3n) is 6.20. The summed E-state index contributed by atoms with van der Waals surface area (Å²) in [5.41, 5.74) is -4.17. The van der Waals surface area contributed by atoms with Gasteiger partial charge in [0.15, 0.2) is 0 Å². The third-order valence-corrected chi connectivity index (χ3v) is 7.25. The number of nitrogens with zero attached hydrogens (tertiary/aromatic N) is 1. The van der Waals surface area contributed by atoms with E-state index < -0.39 is 39.8 Å². The van der Waals surface area contributed by atoms with E-state index in [9.17, 15) is 35.9 Å². The van der Waals surface area contributed by atoms with Crippen molar-refractivity contribution in [3.05, 3.63) is 59.2 Å². The van der Waals surface area contributed by atoms with Gasteiger partial charge in [0.25, 0.3) is 0 Å². The van der Waals surface area contributed by atoms with Gasteiger partial charge < -0.3 is 20.3 Å². The summed E-state index contributed by atoms with van der Waals surface area (Å²) in [5, 5.41) is 5.86. The number of amides is 2. The van der Waals surface area contributed by atoms with E-state index >= 15 is 0 Å². The van der Waals surface area contributed by atoms with Gasteiger partial charge in [-0.3, -0.25) is 9.59 Å². The van der Waals surface area contributed by atoms with Crippen LogP contribution in [0.4, 0.5) is 32.0 Å². The number of benzene rings is 2. The van der Waals surface area contributed by atoms with Crippen LogP contribution in [0.2, 0.25) is 0 Å². The van der Waals surface area contributed by atoms with E-state index in [-0.39, 0.29) is 43.5 Å². The zero-order valence-corrected chi connectivity index (χ0v) is 22.0. The Morgan fingerprint density at radius 1 is 1.00 bits per heavy atom. The molecule has 1 aliphatic heterocycles. The molecule has 2 aromatic carbocycles. The lowest BCUT2D eigenvalue weighted by molar-refractivity contribution is -0.163. The molecule has 0 unspecified atom stereocenters. The Hall–Kier alpha value is -3.03. The average Bonchev–Trinajstić information content (AvgIpc) is 3.71. The molecule has 40 heavy (non-hydrogen) atoms. The fraction of sp³-hybridized carbons (Fsp3) is 0.407. The molecule has 1 aliphatic carbocycles. The second-order valence-electron chi connectivity index (χ2n) is 9.33. The molecule has 1 saturated carbocycles. The number of rotatable bonds is 9. The van der Waals surface area contributed by atoms with E-state index in [1.165, 1.54) is 23.1 Å². The topological polar surface area (TPSA) is 70.7 Å². The molecule has 2 aliphatic rings. The standard InChI is InChI=1S/C27H27F6N3O3S/c28-26(29,30)24-17(5-9-23(38)36-12-14-39-15-13-36)4-8-21(25(24)27(31,32)33)40-20-3-1-2-19(16-20)35-22(37)10-11-34-18-6-7-18/h1-5,8-9,16,18,34H,6-7,10-15H2,(H,35,37)/b9-5+. The number of morpholine rings is 1. The number of nitrogens with one attached hydrogen (secondary N) is 2. The maximum Gasteiger partial charge on any atom is 0.418 e. The summed E-state index contributed by atoms with van der Waals surface area (Å²) in [6.07, 6.45) is -6.75. The molecule has 13 heteroatoms. The van der Waals surface area contributed by atoms with Crippen LogP contribution >= 0.6 is 11.8 Å². The molecule has 2 aromatic rings. The Labute approximate surface area is 231 Å². The van der Waals surface area contributed by atoms with Crippen molar-refractivity contribution in [2.24, 2.45) is 0 Å². The second-order valence-corrected chi connectivity index (χ2v) is 10.4. The second kappa shape index (κ2) is 12.6. The molecule has 0 bridgehead atoms. The fourth-order valence-corrected chi connectivity index (χ4v) is 5.17. The summed E-state index contributed by atoms with van der Waals surface area (Å²) in [7, 11) is 0. The molecule has 2 amide bonds. The van der Waals surface area contributed by atoms with Crippen LogP contribution in [0.25, 0.3) is 6.08 Å². The van der Waals surface area contributed by atoms with Crippen LogP contribution in [0.3, 0.4) is 0 Å². The summed E-state index contributed by atoms with van der Waals surface area (Å²) >= 11 is 0.502. The smallest absolute Gasteiger partial charge is 0.378 e. The van der Waals surface area contributed by atoms with Crippen molar-refractivity contribution >= 4 is 35.3 Å². The average molecular weight is 588 g/mol. The molecule has 4 rings (SSSR count). The Bertz CT molecular complexity index is 1260. The Kier molecular flexibility index (Phi) is 9.47. The minimum atomic E-state index is -5.35. The number of carbonyl (C=O) groups excluding carboxylic acids is 2. The summed E-state index contributed by atoms with van der Waals surface area (Å²) < 4.78 is 89.9. The van der Waals surface area contributed by atoms with Gasteiger partial charge in [0.1, 0.15) is 0 Å². The van der Waals surface area contributed by atoms with Crippen molar-refractivity contribution in [1.82, 2.24) is 10.2 Å². The SMILES string of the molecule is O=C(CCNC1CC1)Nc1cccc(Sc2ccc(/C=C/C(=O)N3CCOCC3)c(C(F)(F)F)c2C(F)(F)F)c1. The molecular weight excluding hydrogens is 560 g/mol. The molecule has 1 saturated heterocycles. The van der Waals surface area contributed by atoms with Crippen molar-refractivity contribution in [1.29, 1.82) is 0 Å². The molecule has 0 aromatic heterocycles. The van der Waals surface area contributed by atoms with Gasteiger partial charge in [-0.25, -0.2) is 0 Å². The lowest BCUT2D eigenvalue weighted by Gasteiger charge is -2.25.